The van der Waals surface area contributed by atoms with Crippen LogP contribution in [-0.2, 0) is 16.0 Å². The summed E-state index contributed by atoms with van der Waals surface area (Å²) >= 11 is 6.12. The molecular formula is C16H20ClNO2. The summed E-state index contributed by atoms with van der Waals surface area (Å²) in [6.07, 6.45) is 4.02. The van der Waals surface area contributed by atoms with Crippen LogP contribution in [0.3, 0.4) is 0 Å². The van der Waals surface area contributed by atoms with Gasteiger partial charge in [-0.2, -0.15) is 0 Å². The van der Waals surface area contributed by atoms with Gasteiger partial charge in [-0.05, 0) is 36.8 Å². The fourth-order valence-electron chi connectivity index (χ4n) is 2.76. The first kappa shape index (κ1) is 13.9. The minimum atomic E-state index is 0.221. The van der Waals surface area contributed by atoms with Gasteiger partial charge < -0.3 is 9.64 Å². The van der Waals surface area contributed by atoms with Crippen LogP contribution < -0.4 is 0 Å². The zero-order chi connectivity index (χ0) is 13.9. The van der Waals surface area contributed by atoms with Gasteiger partial charge in [-0.15, -0.1) is 0 Å². The molecule has 0 N–H and O–H groups in total. The van der Waals surface area contributed by atoms with Gasteiger partial charge in [0.25, 0.3) is 0 Å². The van der Waals surface area contributed by atoms with Crippen LogP contribution in [0.5, 0.6) is 0 Å². The van der Waals surface area contributed by atoms with E-state index in [1.54, 1.807) is 0 Å². The Morgan fingerprint density at radius 3 is 2.90 bits per heavy atom. The minimum absolute atomic E-state index is 0.221. The van der Waals surface area contributed by atoms with Gasteiger partial charge in [0.2, 0.25) is 5.91 Å². The van der Waals surface area contributed by atoms with E-state index in [-0.39, 0.29) is 12.0 Å². The molecule has 2 fully saturated rings. The lowest BCUT2D eigenvalue weighted by Crippen LogP contribution is -2.46. The zero-order valence-corrected chi connectivity index (χ0v) is 12.3. The molecule has 1 aromatic rings. The van der Waals surface area contributed by atoms with Crippen LogP contribution in [0.4, 0.5) is 0 Å². The Morgan fingerprint density at radius 2 is 2.15 bits per heavy atom. The predicted octanol–water partition coefficient (Wildman–Crippen LogP) is 2.91. The van der Waals surface area contributed by atoms with Crippen molar-refractivity contribution in [3.05, 3.63) is 34.9 Å². The van der Waals surface area contributed by atoms with Gasteiger partial charge in [-0.3, -0.25) is 4.79 Å². The van der Waals surface area contributed by atoms with E-state index in [0.717, 1.165) is 23.7 Å². The second-order valence-corrected chi connectivity index (χ2v) is 6.09. The summed E-state index contributed by atoms with van der Waals surface area (Å²) in [5.74, 6) is 0.910. The van der Waals surface area contributed by atoms with Crippen LogP contribution in [0, 0.1) is 5.92 Å². The molecule has 0 aromatic heterocycles. The highest BCUT2D eigenvalue weighted by atomic mass is 35.5. The number of carbonyl (C=O) groups is 1. The number of hydrogen-bond acceptors (Lipinski definition) is 2. The summed E-state index contributed by atoms with van der Waals surface area (Å²) in [6, 6.07) is 7.74. The number of hydrogen-bond donors (Lipinski definition) is 0. The first-order valence-corrected chi connectivity index (χ1v) is 7.74. The third-order valence-electron chi connectivity index (χ3n) is 4.16. The highest BCUT2D eigenvalue weighted by Crippen LogP contribution is 2.35. The number of halogens is 1. The number of nitrogens with zero attached hydrogens (tertiary/aromatic N) is 1. The number of carbonyl (C=O) groups excluding carboxylic acids is 1. The van der Waals surface area contributed by atoms with Gasteiger partial charge in [-0.25, -0.2) is 0 Å². The Balaban J connectivity index is 1.52. The Kier molecular flexibility index (Phi) is 4.27. The molecule has 1 aliphatic carbocycles. The Labute approximate surface area is 124 Å². The topological polar surface area (TPSA) is 29.5 Å². The standard InChI is InChI=1S/C16H20ClNO2/c17-14-4-2-1-3-12(14)7-8-16(19)18-9-10-20-15(11-18)13-5-6-13/h1-4,13,15H,5-11H2. The van der Waals surface area contributed by atoms with Crippen molar-refractivity contribution < 1.29 is 9.53 Å². The summed E-state index contributed by atoms with van der Waals surface area (Å²) in [5.41, 5.74) is 1.05. The maximum Gasteiger partial charge on any atom is 0.223 e. The zero-order valence-electron chi connectivity index (χ0n) is 11.6. The molecule has 4 heteroatoms. The molecule has 1 unspecified atom stereocenters. The van der Waals surface area contributed by atoms with Gasteiger partial charge in [0.1, 0.15) is 0 Å². The van der Waals surface area contributed by atoms with Crippen LogP contribution in [-0.4, -0.2) is 36.6 Å². The third kappa shape index (κ3) is 3.33. The predicted molar refractivity (Wildman–Crippen MR) is 78.8 cm³/mol. The molecular weight excluding hydrogens is 274 g/mol. The smallest absolute Gasteiger partial charge is 0.223 e. The molecule has 3 rings (SSSR count). The number of amides is 1. The Hall–Kier alpha value is -1.06. The van der Waals surface area contributed by atoms with E-state index in [1.807, 2.05) is 29.2 Å². The first-order chi connectivity index (χ1) is 9.74. The average Bonchev–Trinajstić information content (AvgIpc) is 3.31. The highest BCUT2D eigenvalue weighted by Gasteiger charge is 2.36. The lowest BCUT2D eigenvalue weighted by atomic mass is 10.1. The molecule has 3 nitrogen and oxygen atoms in total. The third-order valence-corrected chi connectivity index (χ3v) is 4.53. The van der Waals surface area contributed by atoms with Crippen molar-refractivity contribution in [1.82, 2.24) is 4.90 Å². The van der Waals surface area contributed by atoms with Crippen LogP contribution in [0.1, 0.15) is 24.8 Å². The van der Waals surface area contributed by atoms with Gasteiger partial charge >= 0.3 is 0 Å². The summed E-state index contributed by atoms with van der Waals surface area (Å²) < 4.78 is 5.75. The maximum absolute atomic E-state index is 12.3. The second kappa shape index (κ2) is 6.15. The molecule has 0 spiro atoms. The van der Waals surface area contributed by atoms with Gasteiger partial charge in [0.05, 0.1) is 12.7 Å². The second-order valence-electron chi connectivity index (χ2n) is 5.68. The number of ether oxygens (including phenoxy) is 1. The molecule has 1 atom stereocenters. The fraction of sp³-hybridized carbons (Fsp3) is 0.562. The van der Waals surface area contributed by atoms with Crippen LogP contribution >= 0.6 is 11.6 Å². The van der Waals surface area contributed by atoms with Crippen molar-refractivity contribution in [1.29, 1.82) is 0 Å². The summed E-state index contributed by atoms with van der Waals surface area (Å²) in [4.78, 5) is 14.3. The summed E-state index contributed by atoms with van der Waals surface area (Å²) in [6.45, 7) is 2.18. The van der Waals surface area contributed by atoms with E-state index in [4.69, 9.17) is 16.3 Å². The molecule has 1 saturated carbocycles. The van der Waals surface area contributed by atoms with Crippen molar-refractivity contribution in [3.63, 3.8) is 0 Å². The van der Waals surface area contributed by atoms with E-state index >= 15 is 0 Å². The SMILES string of the molecule is O=C(CCc1ccccc1Cl)N1CCOC(C2CC2)C1. The van der Waals surface area contributed by atoms with Crippen molar-refractivity contribution in [3.8, 4) is 0 Å². The van der Waals surface area contributed by atoms with E-state index in [0.29, 0.717) is 25.4 Å². The van der Waals surface area contributed by atoms with E-state index < -0.39 is 0 Å². The average molecular weight is 294 g/mol. The van der Waals surface area contributed by atoms with E-state index in [9.17, 15) is 4.79 Å². The number of rotatable bonds is 4. The highest BCUT2D eigenvalue weighted by molar-refractivity contribution is 6.31. The van der Waals surface area contributed by atoms with E-state index in [2.05, 4.69) is 0 Å². The van der Waals surface area contributed by atoms with Gasteiger partial charge in [0.15, 0.2) is 0 Å². The van der Waals surface area contributed by atoms with Crippen molar-refractivity contribution in [2.24, 2.45) is 5.92 Å². The largest absolute Gasteiger partial charge is 0.374 e. The minimum Gasteiger partial charge on any atom is -0.374 e. The fourth-order valence-corrected chi connectivity index (χ4v) is 2.99. The molecule has 2 aliphatic rings. The number of benzene rings is 1. The quantitative estimate of drug-likeness (QED) is 0.854. The molecule has 1 aromatic carbocycles. The monoisotopic (exact) mass is 293 g/mol. The molecule has 1 saturated heterocycles. The lowest BCUT2D eigenvalue weighted by Gasteiger charge is -2.33. The maximum atomic E-state index is 12.3. The summed E-state index contributed by atoms with van der Waals surface area (Å²) in [5, 5.41) is 0.748. The Morgan fingerprint density at radius 1 is 1.35 bits per heavy atom. The van der Waals surface area contributed by atoms with Gasteiger partial charge in [0, 0.05) is 24.5 Å². The van der Waals surface area contributed by atoms with Crippen LogP contribution in [0.25, 0.3) is 0 Å². The normalized spacial score (nSPS) is 22.9. The van der Waals surface area contributed by atoms with Crippen molar-refractivity contribution >= 4 is 17.5 Å². The number of aryl methyl sites for hydroxylation is 1. The molecule has 0 radical (unpaired) electrons. The molecule has 20 heavy (non-hydrogen) atoms. The van der Waals surface area contributed by atoms with Crippen LogP contribution in [0.2, 0.25) is 5.02 Å². The van der Waals surface area contributed by atoms with Crippen molar-refractivity contribution in [2.45, 2.75) is 31.8 Å². The lowest BCUT2D eigenvalue weighted by molar-refractivity contribution is -0.139. The van der Waals surface area contributed by atoms with Crippen LogP contribution in [0.15, 0.2) is 24.3 Å². The van der Waals surface area contributed by atoms with Crippen molar-refractivity contribution in [2.75, 3.05) is 19.7 Å². The molecule has 108 valence electrons. The molecule has 1 amide bonds. The molecule has 1 aliphatic heterocycles. The van der Waals surface area contributed by atoms with Gasteiger partial charge in [-0.1, -0.05) is 29.8 Å². The number of morpholine rings is 1. The Bertz CT molecular complexity index is 487. The van der Waals surface area contributed by atoms with E-state index in [1.165, 1.54) is 12.8 Å². The molecule has 0 bridgehead atoms. The molecule has 1 heterocycles. The first-order valence-electron chi connectivity index (χ1n) is 7.37. The summed E-state index contributed by atoms with van der Waals surface area (Å²) in [7, 11) is 0.